The quantitative estimate of drug-likeness (QED) is 0.236. The van der Waals surface area contributed by atoms with Crippen molar-refractivity contribution in [1.82, 2.24) is 0 Å². The van der Waals surface area contributed by atoms with Crippen LogP contribution in [0.2, 0.25) is 0 Å². The first-order chi connectivity index (χ1) is 17.2. The van der Waals surface area contributed by atoms with Gasteiger partial charge in [-0.25, -0.2) is 0 Å². The fourth-order valence-electron chi connectivity index (χ4n) is 3.40. The van der Waals surface area contributed by atoms with Gasteiger partial charge in [-0.1, -0.05) is 58.3 Å². The van der Waals surface area contributed by atoms with Gasteiger partial charge in [0.15, 0.2) is 29.3 Å². The molecule has 5 heteroatoms. The number of aryl methyl sites for hydroxylation is 1. The Kier molecular flexibility index (Phi) is 14.2. The molecule has 2 rings (SSSR count). The standard InChI is InChI=1S/C23H26O5.C8H18/c1-7-27-22-11-17(16(4)10-20(22)25-5)8-9-18-12-21(26-6)23(28-15(2)3)13-19(18)14-24;1-4-6-7-8(3)5-2/h10-15H,7H2,1-6H3;8H,4-7H2,1-3H3/t;8-/m.1/s1. The zero-order chi connectivity index (χ0) is 27.1. The third-order valence-electron chi connectivity index (χ3n) is 5.72. The smallest absolute Gasteiger partial charge is 0.162 e. The van der Waals surface area contributed by atoms with E-state index in [-0.39, 0.29) is 6.10 Å². The molecule has 0 saturated heterocycles. The van der Waals surface area contributed by atoms with E-state index in [1.165, 1.54) is 25.7 Å². The van der Waals surface area contributed by atoms with Crippen molar-refractivity contribution < 1.29 is 23.7 Å². The zero-order valence-electron chi connectivity index (χ0n) is 23.6. The minimum atomic E-state index is -0.0377. The summed E-state index contributed by atoms with van der Waals surface area (Å²) >= 11 is 0. The Morgan fingerprint density at radius 2 is 1.47 bits per heavy atom. The summed E-state index contributed by atoms with van der Waals surface area (Å²) in [6.45, 7) is 15.1. The molecule has 0 aliphatic rings. The van der Waals surface area contributed by atoms with Crippen molar-refractivity contribution in [3.05, 3.63) is 46.5 Å². The lowest BCUT2D eigenvalue weighted by atomic mass is 10.0. The van der Waals surface area contributed by atoms with Crippen LogP contribution in [0.5, 0.6) is 23.0 Å². The Bertz CT molecular complexity index is 1010. The molecule has 0 spiro atoms. The van der Waals surface area contributed by atoms with Gasteiger partial charge in [-0.2, -0.15) is 0 Å². The molecule has 5 nitrogen and oxygen atoms in total. The molecule has 0 aromatic heterocycles. The second-order valence-corrected chi connectivity index (χ2v) is 9.03. The van der Waals surface area contributed by atoms with Crippen molar-refractivity contribution in [3.63, 3.8) is 0 Å². The van der Waals surface area contributed by atoms with Crippen LogP contribution in [0.25, 0.3) is 0 Å². The normalized spacial score (nSPS) is 10.9. The molecular formula is C31H44O5. The third-order valence-corrected chi connectivity index (χ3v) is 5.72. The highest BCUT2D eigenvalue weighted by atomic mass is 16.5. The van der Waals surface area contributed by atoms with Crippen molar-refractivity contribution >= 4 is 6.29 Å². The molecule has 0 fully saturated rings. The van der Waals surface area contributed by atoms with E-state index in [9.17, 15) is 4.79 Å². The van der Waals surface area contributed by atoms with Crippen molar-refractivity contribution in [3.8, 4) is 34.8 Å². The van der Waals surface area contributed by atoms with Gasteiger partial charge in [0, 0.05) is 22.8 Å². The number of carbonyl (C=O) groups is 1. The number of carbonyl (C=O) groups excluding carboxylic acids is 1. The Morgan fingerprint density at radius 3 is 2.00 bits per heavy atom. The SMILES string of the molecule is CCCC[C@H](C)CC.CCOc1cc(C#Cc2cc(OC)c(OC(C)C)cc2C=O)c(C)cc1OC. The van der Waals surface area contributed by atoms with Crippen LogP contribution in [-0.4, -0.2) is 33.2 Å². The van der Waals surface area contributed by atoms with E-state index < -0.39 is 0 Å². The molecule has 198 valence electrons. The number of hydrogen-bond acceptors (Lipinski definition) is 5. The van der Waals surface area contributed by atoms with Gasteiger partial charge in [-0.3, -0.25) is 4.79 Å². The Labute approximate surface area is 218 Å². The van der Waals surface area contributed by atoms with Crippen LogP contribution in [0.3, 0.4) is 0 Å². The van der Waals surface area contributed by atoms with Crippen LogP contribution in [0.4, 0.5) is 0 Å². The number of unbranched alkanes of at least 4 members (excludes halogenated alkanes) is 1. The molecule has 0 unspecified atom stereocenters. The van der Waals surface area contributed by atoms with Crippen LogP contribution in [0.1, 0.15) is 94.3 Å². The van der Waals surface area contributed by atoms with Gasteiger partial charge >= 0.3 is 0 Å². The number of ether oxygens (including phenoxy) is 4. The fourth-order valence-corrected chi connectivity index (χ4v) is 3.40. The zero-order valence-corrected chi connectivity index (χ0v) is 23.6. The maximum absolute atomic E-state index is 11.6. The lowest BCUT2D eigenvalue weighted by molar-refractivity contribution is 0.112. The first-order valence-electron chi connectivity index (χ1n) is 12.9. The molecule has 0 N–H and O–H groups in total. The minimum Gasteiger partial charge on any atom is -0.493 e. The average molecular weight is 497 g/mol. The summed E-state index contributed by atoms with van der Waals surface area (Å²) < 4.78 is 22.1. The maximum atomic E-state index is 11.6. The number of methoxy groups -OCH3 is 2. The molecule has 0 aliphatic heterocycles. The number of benzene rings is 2. The summed E-state index contributed by atoms with van der Waals surface area (Å²) in [5, 5.41) is 0. The predicted octanol–water partition coefficient (Wildman–Crippen LogP) is 7.63. The van der Waals surface area contributed by atoms with Gasteiger partial charge in [-0.05, 0) is 57.4 Å². The lowest BCUT2D eigenvalue weighted by Gasteiger charge is -2.14. The second-order valence-electron chi connectivity index (χ2n) is 9.03. The van der Waals surface area contributed by atoms with Crippen LogP contribution in [0.15, 0.2) is 24.3 Å². The summed E-state index contributed by atoms with van der Waals surface area (Å²) in [6, 6.07) is 7.10. The summed E-state index contributed by atoms with van der Waals surface area (Å²) in [4.78, 5) is 11.6. The van der Waals surface area contributed by atoms with Gasteiger partial charge in [0.25, 0.3) is 0 Å². The molecular weight excluding hydrogens is 452 g/mol. The van der Waals surface area contributed by atoms with Crippen molar-refractivity contribution in [2.24, 2.45) is 5.92 Å². The first-order valence-corrected chi connectivity index (χ1v) is 12.9. The average Bonchev–Trinajstić information content (AvgIpc) is 2.87. The fraction of sp³-hybridized carbons (Fsp3) is 0.516. The van der Waals surface area contributed by atoms with E-state index in [2.05, 4.69) is 32.6 Å². The Balaban J connectivity index is 0.000000697. The highest BCUT2D eigenvalue weighted by molar-refractivity contribution is 5.81. The first kappa shape index (κ1) is 30.9. The van der Waals surface area contributed by atoms with E-state index in [0.717, 1.165) is 23.3 Å². The molecule has 0 saturated carbocycles. The van der Waals surface area contributed by atoms with Crippen molar-refractivity contribution in [2.75, 3.05) is 20.8 Å². The Hall–Kier alpha value is -3.13. The van der Waals surface area contributed by atoms with Gasteiger partial charge in [0.1, 0.15) is 0 Å². The molecule has 0 radical (unpaired) electrons. The van der Waals surface area contributed by atoms with Crippen LogP contribution in [0, 0.1) is 24.7 Å². The molecule has 0 bridgehead atoms. The van der Waals surface area contributed by atoms with Gasteiger partial charge < -0.3 is 18.9 Å². The number of aldehydes is 1. The summed E-state index contributed by atoms with van der Waals surface area (Å²) in [5.74, 6) is 9.49. The largest absolute Gasteiger partial charge is 0.493 e. The van der Waals surface area contributed by atoms with Crippen molar-refractivity contribution in [2.45, 2.75) is 80.3 Å². The minimum absolute atomic E-state index is 0.0377. The maximum Gasteiger partial charge on any atom is 0.162 e. The highest BCUT2D eigenvalue weighted by Crippen LogP contribution is 2.32. The third kappa shape index (κ3) is 9.85. The molecule has 0 heterocycles. The summed E-state index contributed by atoms with van der Waals surface area (Å²) in [7, 11) is 3.16. The monoisotopic (exact) mass is 496 g/mol. The molecule has 2 aromatic carbocycles. The van der Waals surface area contributed by atoms with E-state index in [0.29, 0.717) is 40.7 Å². The summed E-state index contributed by atoms with van der Waals surface area (Å²) in [6.07, 6.45) is 6.26. The molecule has 0 amide bonds. The van der Waals surface area contributed by atoms with E-state index >= 15 is 0 Å². The molecule has 36 heavy (non-hydrogen) atoms. The van der Waals surface area contributed by atoms with Crippen LogP contribution < -0.4 is 18.9 Å². The van der Waals surface area contributed by atoms with E-state index in [1.54, 1.807) is 26.4 Å². The van der Waals surface area contributed by atoms with Gasteiger partial charge in [0.2, 0.25) is 0 Å². The van der Waals surface area contributed by atoms with E-state index in [4.69, 9.17) is 18.9 Å². The highest BCUT2D eigenvalue weighted by Gasteiger charge is 2.12. The van der Waals surface area contributed by atoms with Gasteiger partial charge in [0.05, 0.1) is 26.9 Å². The lowest BCUT2D eigenvalue weighted by Crippen LogP contribution is -2.07. The Morgan fingerprint density at radius 1 is 0.861 bits per heavy atom. The molecule has 0 aliphatic carbocycles. The number of rotatable bonds is 11. The molecule has 1 atom stereocenters. The topological polar surface area (TPSA) is 54.0 Å². The van der Waals surface area contributed by atoms with Gasteiger partial charge in [-0.15, -0.1) is 0 Å². The predicted molar refractivity (Wildman–Crippen MR) is 148 cm³/mol. The van der Waals surface area contributed by atoms with E-state index in [1.807, 2.05) is 39.8 Å². The second kappa shape index (κ2) is 16.5. The van der Waals surface area contributed by atoms with Crippen LogP contribution in [-0.2, 0) is 0 Å². The summed E-state index contributed by atoms with van der Waals surface area (Å²) in [5.41, 5.74) is 2.76. The molecule has 2 aromatic rings. The van der Waals surface area contributed by atoms with Crippen LogP contribution >= 0.6 is 0 Å². The number of hydrogen-bond donors (Lipinski definition) is 0. The van der Waals surface area contributed by atoms with Crippen molar-refractivity contribution in [1.29, 1.82) is 0 Å².